The van der Waals surface area contributed by atoms with Gasteiger partial charge in [0.05, 0.1) is 24.9 Å². The lowest BCUT2D eigenvalue weighted by Crippen LogP contribution is -2.56. The summed E-state index contributed by atoms with van der Waals surface area (Å²) in [5.41, 5.74) is 1.04. The Morgan fingerprint density at radius 1 is 1.38 bits per heavy atom. The summed E-state index contributed by atoms with van der Waals surface area (Å²) in [6.07, 6.45) is 4.49. The van der Waals surface area contributed by atoms with E-state index < -0.39 is 5.91 Å². The maximum atomic E-state index is 12.2. The highest BCUT2D eigenvalue weighted by Crippen LogP contribution is 2.12. The molecule has 10 heteroatoms. The number of amides is 2. The predicted molar refractivity (Wildman–Crippen MR) is 91.7 cm³/mol. The average Bonchev–Trinajstić information content (AvgIpc) is 3.23. The van der Waals surface area contributed by atoms with E-state index in [0.29, 0.717) is 26.2 Å². The molecule has 0 radical (unpaired) electrons. The summed E-state index contributed by atoms with van der Waals surface area (Å²) in [6.45, 7) is 3.26. The van der Waals surface area contributed by atoms with Gasteiger partial charge >= 0.3 is 0 Å². The Balaban J connectivity index is 1.52. The molecule has 0 aliphatic carbocycles. The summed E-state index contributed by atoms with van der Waals surface area (Å²) in [5.74, 6) is -0.529. The van der Waals surface area contributed by atoms with Crippen LogP contribution >= 0.6 is 11.6 Å². The number of nitrogens with one attached hydrogen (secondary N) is 2. The largest absolute Gasteiger partial charge is 0.379 e. The molecule has 9 nitrogen and oxygen atoms in total. The Morgan fingerprint density at radius 2 is 2.23 bits per heavy atom. The maximum absolute atomic E-state index is 12.2. The van der Waals surface area contributed by atoms with E-state index in [-0.39, 0.29) is 35.3 Å². The lowest BCUT2D eigenvalue weighted by atomic mass is 10.0. The fraction of sp³-hybridized carbons (Fsp3) is 0.500. The van der Waals surface area contributed by atoms with E-state index in [9.17, 15) is 9.59 Å². The third-order valence-corrected chi connectivity index (χ3v) is 4.23. The molecule has 2 N–H and O–H groups in total. The van der Waals surface area contributed by atoms with Crippen molar-refractivity contribution in [1.29, 1.82) is 0 Å². The number of hydrogen-bond donors (Lipinski definition) is 2. The molecule has 3 rings (SSSR count). The van der Waals surface area contributed by atoms with Gasteiger partial charge in [-0.05, 0) is 18.9 Å². The Kier molecular flexibility index (Phi) is 5.89. The zero-order chi connectivity index (χ0) is 18.5. The van der Waals surface area contributed by atoms with Crippen LogP contribution in [0.5, 0.6) is 0 Å². The molecule has 26 heavy (non-hydrogen) atoms. The van der Waals surface area contributed by atoms with Crippen LogP contribution in [0.1, 0.15) is 29.0 Å². The van der Waals surface area contributed by atoms with E-state index in [2.05, 4.69) is 20.9 Å². The molecule has 1 fully saturated rings. The third kappa shape index (κ3) is 4.83. The highest BCUT2D eigenvalue weighted by atomic mass is 35.5. The molecule has 1 aliphatic heterocycles. The first-order valence-electron chi connectivity index (χ1n) is 8.30. The quantitative estimate of drug-likeness (QED) is 0.769. The van der Waals surface area contributed by atoms with Crippen LogP contribution in [0.25, 0.3) is 0 Å². The molecule has 2 aromatic heterocycles. The molecule has 140 valence electrons. The average molecular weight is 382 g/mol. The molecule has 2 amide bonds. The van der Waals surface area contributed by atoms with Crippen LogP contribution in [0.4, 0.5) is 0 Å². The Hall–Kier alpha value is -2.39. The van der Waals surface area contributed by atoms with Crippen molar-refractivity contribution < 1.29 is 18.8 Å². The number of halogens is 1. The smallest absolute Gasteiger partial charge is 0.290 e. The minimum atomic E-state index is -0.428. The number of aryl methyl sites for hydroxylation is 2. The lowest BCUT2D eigenvalue weighted by Gasteiger charge is -2.32. The zero-order valence-corrected chi connectivity index (χ0v) is 15.0. The number of nitrogens with zero attached hydrogens (tertiary/aromatic N) is 3. The topological polar surface area (TPSA) is 111 Å². The van der Waals surface area contributed by atoms with Crippen molar-refractivity contribution in [3.8, 4) is 0 Å². The fourth-order valence-electron chi connectivity index (χ4n) is 2.74. The number of carbonyl (C=O) groups excluding carboxylic acids is 2. The molecule has 0 unspecified atom stereocenters. The summed E-state index contributed by atoms with van der Waals surface area (Å²) in [7, 11) is 0. The van der Waals surface area contributed by atoms with Crippen LogP contribution in [-0.4, -0.2) is 52.0 Å². The number of aromatic nitrogens is 3. The second-order valence-electron chi connectivity index (χ2n) is 6.16. The number of carbonyl (C=O) groups is 2. The summed E-state index contributed by atoms with van der Waals surface area (Å²) in [5, 5.41) is 13.5. The molecule has 2 atom stereocenters. The van der Waals surface area contributed by atoms with Gasteiger partial charge in [-0.15, -0.1) is 0 Å². The molecule has 1 saturated heterocycles. The number of hydrogen-bond acceptors (Lipinski definition) is 6. The lowest BCUT2D eigenvalue weighted by molar-refractivity contribution is -0.123. The monoisotopic (exact) mass is 381 g/mol. The van der Waals surface area contributed by atoms with E-state index in [1.165, 1.54) is 6.07 Å². The van der Waals surface area contributed by atoms with Crippen LogP contribution in [0.15, 0.2) is 23.0 Å². The molecule has 1 aliphatic rings. The molecular formula is C16H20ClN5O4. The third-order valence-electron chi connectivity index (χ3n) is 4.05. The summed E-state index contributed by atoms with van der Waals surface area (Å²) in [4.78, 5) is 24.4. The molecule has 3 heterocycles. The van der Waals surface area contributed by atoms with Gasteiger partial charge in [0, 0.05) is 31.8 Å². The summed E-state index contributed by atoms with van der Waals surface area (Å²) >= 11 is 5.66. The molecular weight excluding hydrogens is 362 g/mol. The Morgan fingerprint density at radius 3 is 2.92 bits per heavy atom. The van der Waals surface area contributed by atoms with Gasteiger partial charge in [0.1, 0.15) is 0 Å². The highest BCUT2D eigenvalue weighted by Gasteiger charge is 2.29. The second-order valence-corrected chi connectivity index (χ2v) is 6.55. The zero-order valence-electron chi connectivity index (χ0n) is 14.3. The summed E-state index contributed by atoms with van der Waals surface area (Å²) < 4.78 is 12.0. The van der Waals surface area contributed by atoms with Crippen LogP contribution in [-0.2, 0) is 16.1 Å². The fourth-order valence-corrected chi connectivity index (χ4v) is 2.87. The number of ether oxygens (including phenoxy) is 1. The maximum Gasteiger partial charge on any atom is 0.290 e. The van der Waals surface area contributed by atoms with Crippen molar-refractivity contribution in [3.05, 3.63) is 34.9 Å². The molecule has 2 aromatic rings. The van der Waals surface area contributed by atoms with Gasteiger partial charge in [-0.25, -0.2) is 0 Å². The van der Waals surface area contributed by atoms with E-state index in [1.54, 1.807) is 10.9 Å². The molecule has 0 spiro atoms. The van der Waals surface area contributed by atoms with Gasteiger partial charge in [-0.1, -0.05) is 16.8 Å². The van der Waals surface area contributed by atoms with Crippen molar-refractivity contribution in [1.82, 2.24) is 25.6 Å². The SMILES string of the molecule is Cc1cnn(CCC(=O)N[C@@H]2COCC[C@@H]2NC(=O)c2cc(Cl)no2)c1. The van der Waals surface area contributed by atoms with Crippen molar-refractivity contribution in [2.45, 2.75) is 38.4 Å². The van der Waals surface area contributed by atoms with Gasteiger partial charge in [0.25, 0.3) is 5.91 Å². The van der Waals surface area contributed by atoms with Gasteiger partial charge in [-0.2, -0.15) is 5.10 Å². The van der Waals surface area contributed by atoms with Gasteiger partial charge in [-0.3, -0.25) is 14.3 Å². The highest BCUT2D eigenvalue weighted by molar-refractivity contribution is 6.29. The van der Waals surface area contributed by atoms with E-state index in [0.717, 1.165) is 5.56 Å². The first-order valence-corrected chi connectivity index (χ1v) is 8.68. The minimum absolute atomic E-state index is 0.0284. The second kappa shape index (κ2) is 8.33. The van der Waals surface area contributed by atoms with Crippen molar-refractivity contribution in [3.63, 3.8) is 0 Å². The summed E-state index contributed by atoms with van der Waals surface area (Å²) in [6, 6.07) is 0.754. The Bertz CT molecular complexity index is 774. The molecule has 0 bridgehead atoms. The normalized spacial score (nSPS) is 19.9. The van der Waals surface area contributed by atoms with Crippen molar-refractivity contribution in [2.75, 3.05) is 13.2 Å². The first kappa shape index (κ1) is 18.4. The van der Waals surface area contributed by atoms with Crippen LogP contribution in [0, 0.1) is 6.92 Å². The standard InChI is InChI=1S/C16H20ClN5O4/c1-10-7-18-22(8-10)4-2-15(23)19-12-9-25-5-3-11(12)20-16(24)13-6-14(17)21-26-13/h6-8,11-12H,2-5,9H2,1H3,(H,19,23)(H,20,24)/t11-,12+/m0/s1. The first-order chi connectivity index (χ1) is 12.5. The van der Waals surface area contributed by atoms with Crippen LogP contribution in [0.2, 0.25) is 5.15 Å². The molecule has 0 aromatic carbocycles. The van der Waals surface area contributed by atoms with Gasteiger partial charge in [0.15, 0.2) is 5.15 Å². The predicted octanol–water partition coefficient (Wildman–Crippen LogP) is 0.927. The van der Waals surface area contributed by atoms with Gasteiger partial charge in [0.2, 0.25) is 11.7 Å². The van der Waals surface area contributed by atoms with E-state index in [4.69, 9.17) is 20.9 Å². The van der Waals surface area contributed by atoms with E-state index >= 15 is 0 Å². The van der Waals surface area contributed by atoms with Gasteiger partial charge < -0.3 is 19.9 Å². The van der Waals surface area contributed by atoms with Crippen molar-refractivity contribution >= 4 is 23.4 Å². The van der Waals surface area contributed by atoms with Crippen molar-refractivity contribution in [2.24, 2.45) is 0 Å². The minimum Gasteiger partial charge on any atom is -0.379 e. The Labute approximate surface area is 155 Å². The van der Waals surface area contributed by atoms with Crippen LogP contribution < -0.4 is 10.6 Å². The molecule has 0 saturated carbocycles. The number of rotatable bonds is 6. The van der Waals surface area contributed by atoms with Crippen LogP contribution in [0.3, 0.4) is 0 Å². The van der Waals surface area contributed by atoms with E-state index in [1.807, 2.05) is 13.1 Å².